The Morgan fingerprint density at radius 2 is 2.44 bits per heavy atom. The molecule has 88 valence electrons. The summed E-state index contributed by atoms with van der Waals surface area (Å²) < 4.78 is 1.12. The van der Waals surface area contributed by atoms with E-state index in [0.29, 0.717) is 5.92 Å². The zero-order chi connectivity index (χ0) is 11.5. The van der Waals surface area contributed by atoms with Gasteiger partial charge in [-0.15, -0.1) is 0 Å². The van der Waals surface area contributed by atoms with Crippen molar-refractivity contribution < 1.29 is 0 Å². The van der Waals surface area contributed by atoms with Gasteiger partial charge in [-0.05, 0) is 59.8 Å². The zero-order valence-corrected chi connectivity index (χ0v) is 11.2. The van der Waals surface area contributed by atoms with Crippen molar-refractivity contribution in [2.75, 3.05) is 24.5 Å². The van der Waals surface area contributed by atoms with Gasteiger partial charge < -0.3 is 10.6 Å². The van der Waals surface area contributed by atoms with Crippen molar-refractivity contribution >= 4 is 21.7 Å². The summed E-state index contributed by atoms with van der Waals surface area (Å²) >= 11 is 3.62. The molecule has 0 bridgehead atoms. The van der Waals surface area contributed by atoms with Crippen LogP contribution in [0.5, 0.6) is 0 Å². The minimum absolute atomic E-state index is 0.614. The lowest BCUT2D eigenvalue weighted by Gasteiger charge is -2.33. The largest absolute Gasteiger partial charge is 0.355 e. The molecule has 1 aliphatic heterocycles. The van der Waals surface area contributed by atoms with Crippen LogP contribution in [0, 0.1) is 12.8 Å². The number of hydrogen-bond acceptors (Lipinski definition) is 3. The predicted octanol–water partition coefficient (Wildman–Crippen LogP) is 2.33. The third-order valence-corrected chi connectivity index (χ3v) is 4.20. The quantitative estimate of drug-likeness (QED) is 0.906. The first kappa shape index (κ1) is 11.9. The maximum absolute atomic E-state index is 5.75. The molecule has 0 radical (unpaired) electrons. The van der Waals surface area contributed by atoms with Crippen LogP contribution in [0.1, 0.15) is 18.4 Å². The molecule has 0 amide bonds. The Balaban J connectivity index is 2.20. The van der Waals surface area contributed by atoms with Gasteiger partial charge in [0.15, 0.2) is 0 Å². The Morgan fingerprint density at radius 3 is 3.19 bits per heavy atom. The van der Waals surface area contributed by atoms with E-state index in [4.69, 9.17) is 5.73 Å². The van der Waals surface area contributed by atoms with E-state index in [0.717, 1.165) is 29.9 Å². The Bertz CT molecular complexity index is 367. The fraction of sp³-hybridized carbons (Fsp3) is 0.583. The molecular weight excluding hydrogens is 266 g/mol. The van der Waals surface area contributed by atoms with Crippen LogP contribution >= 0.6 is 15.9 Å². The van der Waals surface area contributed by atoms with Gasteiger partial charge in [-0.25, -0.2) is 4.98 Å². The SMILES string of the molecule is Cc1ccnc(N2CCCC(CN)C2)c1Br. The van der Waals surface area contributed by atoms with Crippen LogP contribution < -0.4 is 10.6 Å². The molecule has 16 heavy (non-hydrogen) atoms. The molecule has 4 heteroatoms. The first-order valence-corrected chi connectivity index (χ1v) is 6.57. The number of nitrogens with two attached hydrogens (primary N) is 1. The Hall–Kier alpha value is -0.610. The molecule has 1 saturated heterocycles. The summed E-state index contributed by atoms with van der Waals surface area (Å²) in [6.45, 7) is 5.00. The van der Waals surface area contributed by atoms with Crippen molar-refractivity contribution in [3.8, 4) is 0 Å². The molecule has 1 atom stereocenters. The summed E-state index contributed by atoms with van der Waals surface area (Å²) in [6, 6.07) is 2.03. The van der Waals surface area contributed by atoms with Gasteiger partial charge in [0.2, 0.25) is 0 Å². The van der Waals surface area contributed by atoms with E-state index in [2.05, 4.69) is 32.7 Å². The number of nitrogens with zero attached hydrogens (tertiary/aromatic N) is 2. The second kappa shape index (κ2) is 5.15. The average molecular weight is 284 g/mol. The van der Waals surface area contributed by atoms with E-state index >= 15 is 0 Å². The van der Waals surface area contributed by atoms with Gasteiger partial charge in [-0.2, -0.15) is 0 Å². The molecule has 2 N–H and O–H groups in total. The molecule has 1 aromatic heterocycles. The monoisotopic (exact) mass is 283 g/mol. The van der Waals surface area contributed by atoms with Crippen molar-refractivity contribution in [2.45, 2.75) is 19.8 Å². The molecule has 1 aromatic rings. The number of rotatable bonds is 2. The van der Waals surface area contributed by atoms with Gasteiger partial charge in [0.05, 0.1) is 4.47 Å². The highest BCUT2D eigenvalue weighted by Gasteiger charge is 2.21. The molecule has 0 saturated carbocycles. The number of piperidine rings is 1. The first-order valence-electron chi connectivity index (χ1n) is 5.78. The van der Waals surface area contributed by atoms with Crippen LogP contribution in [0.3, 0.4) is 0 Å². The molecule has 1 unspecified atom stereocenters. The minimum Gasteiger partial charge on any atom is -0.355 e. The summed E-state index contributed by atoms with van der Waals surface area (Å²) in [4.78, 5) is 6.82. The summed E-state index contributed by atoms with van der Waals surface area (Å²) in [6.07, 6.45) is 4.34. The number of pyridine rings is 1. The van der Waals surface area contributed by atoms with Gasteiger partial charge >= 0.3 is 0 Å². The van der Waals surface area contributed by atoms with Gasteiger partial charge in [-0.1, -0.05) is 0 Å². The Kier molecular flexibility index (Phi) is 3.82. The van der Waals surface area contributed by atoms with Crippen molar-refractivity contribution in [3.63, 3.8) is 0 Å². The van der Waals surface area contributed by atoms with Crippen molar-refractivity contribution in [1.29, 1.82) is 0 Å². The highest BCUT2D eigenvalue weighted by atomic mass is 79.9. The summed E-state index contributed by atoms with van der Waals surface area (Å²) in [5.74, 6) is 1.68. The van der Waals surface area contributed by atoms with Gasteiger partial charge in [0.25, 0.3) is 0 Å². The van der Waals surface area contributed by atoms with Crippen molar-refractivity contribution in [2.24, 2.45) is 11.7 Å². The fourth-order valence-electron chi connectivity index (χ4n) is 2.20. The number of hydrogen-bond donors (Lipinski definition) is 1. The third kappa shape index (κ3) is 2.38. The Morgan fingerprint density at radius 1 is 1.62 bits per heavy atom. The molecular formula is C12H18BrN3. The molecule has 1 aliphatic rings. The molecule has 3 nitrogen and oxygen atoms in total. The first-order chi connectivity index (χ1) is 7.72. The van der Waals surface area contributed by atoms with Gasteiger partial charge in [0, 0.05) is 19.3 Å². The van der Waals surface area contributed by atoms with Gasteiger partial charge in [0.1, 0.15) is 5.82 Å². The number of anilines is 1. The maximum atomic E-state index is 5.75. The van der Waals surface area contributed by atoms with E-state index in [1.165, 1.54) is 18.4 Å². The lowest BCUT2D eigenvalue weighted by Crippen LogP contribution is -2.39. The van der Waals surface area contributed by atoms with Crippen LogP contribution in [0.25, 0.3) is 0 Å². The van der Waals surface area contributed by atoms with Crippen LogP contribution in [-0.2, 0) is 0 Å². The highest BCUT2D eigenvalue weighted by Crippen LogP contribution is 2.29. The van der Waals surface area contributed by atoms with Crippen molar-refractivity contribution in [1.82, 2.24) is 4.98 Å². The van der Waals surface area contributed by atoms with Crippen LogP contribution in [-0.4, -0.2) is 24.6 Å². The molecule has 0 aromatic carbocycles. The third-order valence-electron chi connectivity index (χ3n) is 3.22. The van der Waals surface area contributed by atoms with Crippen LogP contribution in [0.4, 0.5) is 5.82 Å². The van der Waals surface area contributed by atoms with E-state index in [1.807, 2.05) is 12.3 Å². The molecule has 2 rings (SSSR count). The molecule has 0 spiro atoms. The van der Waals surface area contributed by atoms with E-state index < -0.39 is 0 Å². The average Bonchev–Trinajstić information content (AvgIpc) is 2.33. The number of halogens is 1. The summed E-state index contributed by atoms with van der Waals surface area (Å²) in [5, 5.41) is 0. The topological polar surface area (TPSA) is 42.2 Å². The van der Waals surface area contributed by atoms with E-state index in [9.17, 15) is 0 Å². The van der Waals surface area contributed by atoms with Gasteiger partial charge in [-0.3, -0.25) is 0 Å². The lowest BCUT2D eigenvalue weighted by molar-refractivity contribution is 0.421. The molecule has 1 fully saturated rings. The summed E-state index contributed by atoms with van der Waals surface area (Å²) in [5.41, 5.74) is 6.99. The standard InChI is InChI=1S/C12H18BrN3/c1-9-4-5-15-12(11(9)13)16-6-2-3-10(7-14)8-16/h4-5,10H,2-3,6-8,14H2,1H3. The highest BCUT2D eigenvalue weighted by molar-refractivity contribution is 9.10. The number of aromatic nitrogens is 1. The number of aryl methyl sites for hydroxylation is 1. The van der Waals surface area contributed by atoms with Crippen molar-refractivity contribution in [3.05, 3.63) is 22.3 Å². The lowest BCUT2D eigenvalue weighted by atomic mass is 9.98. The van der Waals surface area contributed by atoms with Crippen LogP contribution in [0.2, 0.25) is 0 Å². The van der Waals surface area contributed by atoms with Crippen LogP contribution in [0.15, 0.2) is 16.7 Å². The van der Waals surface area contributed by atoms with E-state index in [1.54, 1.807) is 0 Å². The smallest absolute Gasteiger partial charge is 0.143 e. The Labute approximate surface area is 105 Å². The molecule has 0 aliphatic carbocycles. The predicted molar refractivity (Wildman–Crippen MR) is 70.7 cm³/mol. The second-order valence-electron chi connectivity index (χ2n) is 4.46. The normalized spacial score (nSPS) is 21.2. The minimum atomic E-state index is 0.614. The maximum Gasteiger partial charge on any atom is 0.143 e. The summed E-state index contributed by atoms with van der Waals surface area (Å²) in [7, 11) is 0. The zero-order valence-electron chi connectivity index (χ0n) is 9.62. The fourth-order valence-corrected chi connectivity index (χ4v) is 2.68. The molecule has 2 heterocycles. The second-order valence-corrected chi connectivity index (χ2v) is 5.25. The van der Waals surface area contributed by atoms with E-state index in [-0.39, 0.29) is 0 Å².